The first-order valence-electron chi connectivity index (χ1n) is 5.91. The first-order valence-corrected chi connectivity index (χ1v) is 6.70. The first kappa shape index (κ1) is 14.5. The summed E-state index contributed by atoms with van der Waals surface area (Å²) in [5, 5.41) is 10.7. The molecule has 0 saturated carbocycles. The van der Waals surface area contributed by atoms with Crippen molar-refractivity contribution in [1.29, 1.82) is 0 Å². The Morgan fingerprint density at radius 2 is 1.70 bits per heavy atom. The summed E-state index contributed by atoms with van der Waals surface area (Å²) < 4.78 is 6.58. The van der Waals surface area contributed by atoms with Gasteiger partial charge in [0.15, 0.2) is 0 Å². The maximum Gasteiger partial charge on any atom is 0.292 e. The van der Waals surface area contributed by atoms with E-state index in [4.69, 9.17) is 10.5 Å². The Morgan fingerprint density at radius 1 is 1.10 bits per heavy atom. The summed E-state index contributed by atoms with van der Waals surface area (Å²) in [7, 11) is 0. The van der Waals surface area contributed by atoms with Crippen LogP contribution in [-0.2, 0) is 18.0 Å². The molecule has 2 rings (SSSR count). The van der Waals surface area contributed by atoms with Gasteiger partial charge in [-0.15, -0.1) is 0 Å². The maximum absolute atomic E-state index is 10.7. The predicted molar refractivity (Wildman–Crippen MR) is 80.1 cm³/mol. The summed E-state index contributed by atoms with van der Waals surface area (Å²) in [5.41, 5.74) is 7.56. The fourth-order valence-corrected chi connectivity index (χ4v) is 1.99. The zero-order chi connectivity index (χ0) is 14.5. The van der Waals surface area contributed by atoms with Crippen LogP contribution in [0.15, 0.2) is 46.9 Å². The van der Waals surface area contributed by atoms with Crippen LogP contribution in [-0.4, -0.2) is 4.92 Å². The molecule has 0 atom stereocenters. The minimum atomic E-state index is -0.498. The number of ether oxygens (including phenoxy) is 1. The van der Waals surface area contributed by atoms with Crippen LogP contribution in [0.25, 0.3) is 0 Å². The highest BCUT2D eigenvalue weighted by molar-refractivity contribution is 9.10. The predicted octanol–water partition coefficient (Wildman–Crippen LogP) is 3.66. The topological polar surface area (TPSA) is 78.4 Å². The molecule has 2 N–H and O–H groups in total. The number of nitro groups is 1. The molecule has 6 heteroatoms. The molecular weight excluding hydrogens is 324 g/mol. The van der Waals surface area contributed by atoms with Gasteiger partial charge in [0, 0.05) is 10.5 Å². The zero-order valence-corrected chi connectivity index (χ0v) is 12.2. The van der Waals surface area contributed by atoms with Gasteiger partial charge < -0.3 is 10.5 Å². The molecule has 104 valence electrons. The molecule has 0 spiro atoms. The molecule has 0 fully saturated rings. The van der Waals surface area contributed by atoms with E-state index in [0.717, 1.165) is 15.6 Å². The van der Waals surface area contributed by atoms with Gasteiger partial charge in [0.1, 0.15) is 5.69 Å². The molecule has 2 aromatic rings. The molecule has 0 aliphatic rings. The van der Waals surface area contributed by atoms with E-state index in [0.29, 0.717) is 13.2 Å². The monoisotopic (exact) mass is 336 g/mol. The van der Waals surface area contributed by atoms with Crippen molar-refractivity contribution in [3.8, 4) is 0 Å². The smallest absolute Gasteiger partial charge is 0.292 e. The Morgan fingerprint density at radius 3 is 2.30 bits per heavy atom. The van der Waals surface area contributed by atoms with Crippen molar-refractivity contribution in [2.45, 2.75) is 13.2 Å². The number of hydrogen-bond donors (Lipinski definition) is 1. The number of hydrogen-bond acceptors (Lipinski definition) is 4. The molecule has 0 radical (unpaired) electrons. The Labute approximate surface area is 124 Å². The van der Waals surface area contributed by atoms with Crippen molar-refractivity contribution in [1.82, 2.24) is 0 Å². The van der Waals surface area contributed by atoms with Crippen LogP contribution in [0.1, 0.15) is 11.1 Å². The van der Waals surface area contributed by atoms with Crippen LogP contribution < -0.4 is 5.73 Å². The number of rotatable bonds is 5. The fraction of sp³-hybridized carbons (Fsp3) is 0.143. The second-order valence-electron chi connectivity index (χ2n) is 4.27. The number of nitrogens with zero attached hydrogens (tertiary/aromatic N) is 1. The number of nitrogen functional groups attached to an aromatic ring is 1. The quantitative estimate of drug-likeness (QED) is 0.513. The summed E-state index contributed by atoms with van der Waals surface area (Å²) >= 11 is 3.37. The molecule has 0 unspecified atom stereocenters. The lowest BCUT2D eigenvalue weighted by molar-refractivity contribution is -0.383. The average molecular weight is 337 g/mol. The van der Waals surface area contributed by atoms with Gasteiger partial charge in [-0.3, -0.25) is 10.1 Å². The second-order valence-corrected chi connectivity index (χ2v) is 5.19. The minimum absolute atomic E-state index is 0.0818. The summed E-state index contributed by atoms with van der Waals surface area (Å²) in [4.78, 5) is 10.2. The van der Waals surface area contributed by atoms with Crippen LogP contribution in [0.3, 0.4) is 0 Å². The van der Waals surface area contributed by atoms with Crippen molar-refractivity contribution < 1.29 is 9.66 Å². The van der Waals surface area contributed by atoms with Crippen molar-refractivity contribution in [3.05, 3.63) is 68.2 Å². The highest BCUT2D eigenvalue weighted by atomic mass is 79.9. The van der Waals surface area contributed by atoms with Crippen molar-refractivity contribution in [2.75, 3.05) is 5.73 Å². The van der Waals surface area contributed by atoms with Gasteiger partial charge in [-0.25, -0.2) is 0 Å². The summed E-state index contributed by atoms with van der Waals surface area (Å²) in [6, 6.07) is 12.4. The van der Waals surface area contributed by atoms with Crippen LogP contribution in [0, 0.1) is 10.1 Å². The lowest BCUT2D eigenvalue weighted by Crippen LogP contribution is -1.99. The molecular formula is C14H13BrN2O3. The van der Waals surface area contributed by atoms with Crippen LogP contribution >= 0.6 is 15.9 Å². The zero-order valence-electron chi connectivity index (χ0n) is 10.6. The molecule has 0 amide bonds. The van der Waals surface area contributed by atoms with E-state index >= 15 is 0 Å². The lowest BCUT2D eigenvalue weighted by atomic mass is 10.2. The molecule has 2 aromatic carbocycles. The second kappa shape index (κ2) is 6.49. The largest absolute Gasteiger partial charge is 0.393 e. The first-order chi connectivity index (χ1) is 9.56. The van der Waals surface area contributed by atoms with E-state index in [9.17, 15) is 10.1 Å². The van der Waals surface area contributed by atoms with E-state index < -0.39 is 4.92 Å². The number of nitro benzene ring substituents is 1. The number of halogens is 1. The number of anilines is 1. The van der Waals surface area contributed by atoms with Gasteiger partial charge in [-0.2, -0.15) is 0 Å². The molecule has 5 nitrogen and oxygen atoms in total. The van der Waals surface area contributed by atoms with Crippen LogP contribution in [0.5, 0.6) is 0 Å². The Bertz CT molecular complexity index is 614. The van der Waals surface area contributed by atoms with Crippen molar-refractivity contribution >= 4 is 27.3 Å². The van der Waals surface area contributed by atoms with Crippen molar-refractivity contribution in [3.63, 3.8) is 0 Å². The highest BCUT2D eigenvalue weighted by Gasteiger charge is 2.10. The molecule has 0 saturated heterocycles. The van der Waals surface area contributed by atoms with Gasteiger partial charge >= 0.3 is 0 Å². The van der Waals surface area contributed by atoms with E-state index in [-0.39, 0.29) is 11.4 Å². The highest BCUT2D eigenvalue weighted by Crippen LogP contribution is 2.22. The standard InChI is InChI=1S/C14H13BrN2O3/c15-12-4-1-10(2-5-12)8-20-9-11-3-6-14(17(18)19)13(16)7-11/h1-7H,8-9,16H2. The Balaban J connectivity index is 1.92. The van der Waals surface area contributed by atoms with E-state index in [2.05, 4.69) is 15.9 Å². The maximum atomic E-state index is 10.7. The Hall–Kier alpha value is -1.92. The van der Waals surface area contributed by atoms with Crippen LogP contribution in [0.4, 0.5) is 11.4 Å². The SMILES string of the molecule is Nc1cc(COCc2ccc(Br)cc2)ccc1[N+](=O)[O-]. The fourth-order valence-electron chi connectivity index (χ4n) is 1.73. The van der Waals surface area contributed by atoms with Gasteiger partial charge in [0.05, 0.1) is 18.1 Å². The van der Waals surface area contributed by atoms with Crippen molar-refractivity contribution in [2.24, 2.45) is 0 Å². The number of benzene rings is 2. The molecule has 20 heavy (non-hydrogen) atoms. The molecule has 0 aliphatic heterocycles. The third kappa shape index (κ3) is 3.79. The lowest BCUT2D eigenvalue weighted by Gasteiger charge is -2.06. The summed E-state index contributed by atoms with van der Waals surface area (Å²) in [6.07, 6.45) is 0. The molecule has 0 aliphatic carbocycles. The minimum Gasteiger partial charge on any atom is -0.393 e. The third-order valence-corrected chi connectivity index (χ3v) is 3.27. The summed E-state index contributed by atoms with van der Waals surface area (Å²) in [6.45, 7) is 0.836. The van der Waals surface area contributed by atoms with Gasteiger partial charge in [-0.1, -0.05) is 28.1 Å². The molecule has 0 heterocycles. The molecule has 0 bridgehead atoms. The van der Waals surface area contributed by atoms with E-state index in [1.165, 1.54) is 6.07 Å². The average Bonchev–Trinajstić information content (AvgIpc) is 2.41. The van der Waals surface area contributed by atoms with E-state index in [1.807, 2.05) is 24.3 Å². The van der Waals surface area contributed by atoms with Crippen LogP contribution in [0.2, 0.25) is 0 Å². The Kier molecular flexibility index (Phi) is 4.70. The normalized spacial score (nSPS) is 10.4. The van der Waals surface area contributed by atoms with Gasteiger partial charge in [0.25, 0.3) is 5.69 Å². The summed E-state index contributed by atoms with van der Waals surface area (Å²) in [5.74, 6) is 0. The van der Waals surface area contributed by atoms with Gasteiger partial charge in [-0.05, 0) is 35.4 Å². The third-order valence-electron chi connectivity index (χ3n) is 2.74. The van der Waals surface area contributed by atoms with E-state index in [1.54, 1.807) is 12.1 Å². The number of nitrogens with two attached hydrogens (primary N) is 1. The van der Waals surface area contributed by atoms with Gasteiger partial charge in [0.2, 0.25) is 0 Å². The molecule has 0 aromatic heterocycles.